The first kappa shape index (κ1) is 18.9. The van der Waals surface area contributed by atoms with Crippen LogP contribution in [0.5, 0.6) is 5.88 Å². The van der Waals surface area contributed by atoms with Crippen LogP contribution in [0, 0.1) is 0 Å². The van der Waals surface area contributed by atoms with Crippen LogP contribution in [0.4, 0.5) is 0 Å². The summed E-state index contributed by atoms with van der Waals surface area (Å²) in [4.78, 5) is 6.62. The molecule has 2 aliphatic rings. The van der Waals surface area contributed by atoms with Gasteiger partial charge in [0.2, 0.25) is 5.88 Å². The topological polar surface area (TPSA) is 43.8 Å². The number of rotatable bonds is 3. The smallest absolute Gasteiger partial charge is 0.221 e. The Morgan fingerprint density at radius 2 is 2.00 bits per heavy atom. The molecule has 3 heterocycles. The summed E-state index contributed by atoms with van der Waals surface area (Å²) < 4.78 is 16.3. The van der Waals surface area contributed by atoms with Gasteiger partial charge in [0.25, 0.3) is 0 Å². The van der Waals surface area contributed by atoms with Gasteiger partial charge in [-0.25, -0.2) is 4.98 Å². The second-order valence-corrected chi connectivity index (χ2v) is 7.19. The van der Waals surface area contributed by atoms with E-state index in [1.54, 1.807) is 13.3 Å². The Kier molecular flexibility index (Phi) is 6.78. The second kappa shape index (κ2) is 8.60. The quantitative estimate of drug-likeness (QED) is 0.850. The van der Waals surface area contributed by atoms with E-state index in [9.17, 15) is 0 Å². The molecule has 0 aromatic carbocycles. The van der Waals surface area contributed by atoms with Gasteiger partial charge in [0, 0.05) is 32.0 Å². The molecule has 1 fully saturated rings. The molecule has 0 unspecified atom stereocenters. The molecular formula is C19H30N2O3. The zero-order chi connectivity index (χ0) is 17.6. The van der Waals surface area contributed by atoms with Crippen molar-refractivity contribution in [3.8, 4) is 5.88 Å². The van der Waals surface area contributed by atoms with Crippen LogP contribution in [0.3, 0.4) is 0 Å². The third-order valence-electron chi connectivity index (χ3n) is 4.00. The summed E-state index contributed by atoms with van der Waals surface area (Å²) in [6.45, 7) is 9.51. The summed E-state index contributed by atoms with van der Waals surface area (Å²) in [7, 11) is 3.81. The van der Waals surface area contributed by atoms with E-state index in [4.69, 9.17) is 14.2 Å². The molecule has 134 valence electrons. The highest BCUT2D eigenvalue weighted by molar-refractivity contribution is 5.69. The van der Waals surface area contributed by atoms with Gasteiger partial charge in [0.05, 0.1) is 18.8 Å². The van der Waals surface area contributed by atoms with Crippen molar-refractivity contribution in [3.63, 3.8) is 0 Å². The van der Waals surface area contributed by atoms with E-state index in [0.29, 0.717) is 6.61 Å². The third-order valence-corrected chi connectivity index (χ3v) is 4.00. The molecule has 5 nitrogen and oxygen atoms in total. The summed E-state index contributed by atoms with van der Waals surface area (Å²) >= 11 is 0. The fourth-order valence-electron chi connectivity index (χ4n) is 2.37. The van der Waals surface area contributed by atoms with E-state index in [1.165, 1.54) is 5.57 Å². The molecule has 0 aliphatic carbocycles. The Hall–Kier alpha value is -1.43. The minimum Gasteiger partial charge on any atom is -0.471 e. The maximum absolute atomic E-state index is 5.97. The van der Waals surface area contributed by atoms with Crippen molar-refractivity contribution < 1.29 is 14.2 Å². The molecule has 5 heteroatoms. The molecule has 0 amide bonds. The Labute approximate surface area is 145 Å². The zero-order valence-corrected chi connectivity index (χ0v) is 15.5. The Morgan fingerprint density at radius 3 is 2.54 bits per heavy atom. The minimum absolute atomic E-state index is 0.0417. The van der Waals surface area contributed by atoms with E-state index in [-0.39, 0.29) is 11.7 Å². The van der Waals surface area contributed by atoms with Crippen molar-refractivity contribution in [3.05, 3.63) is 30.0 Å². The van der Waals surface area contributed by atoms with Crippen LogP contribution in [0.1, 0.15) is 32.8 Å². The normalized spacial score (nSPS) is 19.0. The van der Waals surface area contributed by atoms with Crippen molar-refractivity contribution in [2.45, 2.75) is 38.9 Å². The Bertz CT molecular complexity index is 546. The molecule has 0 saturated carbocycles. The molecule has 1 saturated heterocycles. The number of pyridine rings is 1. The Balaban J connectivity index is 0.000000301. The van der Waals surface area contributed by atoms with Crippen molar-refractivity contribution in [2.24, 2.45) is 0 Å². The number of ether oxygens (including phenoxy) is 3. The lowest BCUT2D eigenvalue weighted by Crippen LogP contribution is -2.51. The van der Waals surface area contributed by atoms with E-state index in [0.717, 1.165) is 37.6 Å². The number of hydrogen-bond acceptors (Lipinski definition) is 5. The minimum atomic E-state index is 0.0417. The standard InChI is InChI=1S/C14H18N2O2.C5H12O/c1-16-9-12(10-16)18-14-13(3-2-6-15-14)11-4-7-17-8-5-11;1-5(2,3)6-4/h2-4,6,12H,5,7-10H2,1H3;1-4H3. The predicted octanol–water partition coefficient (Wildman–Crippen LogP) is 3.01. The molecule has 0 N–H and O–H groups in total. The highest BCUT2D eigenvalue weighted by atomic mass is 16.5. The van der Waals surface area contributed by atoms with Gasteiger partial charge < -0.3 is 14.2 Å². The average Bonchev–Trinajstić information content (AvgIpc) is 2.55. The third kappa shape index (κ3) is 5.89. The van der Waals surface area contributed by atoms with Gasteiger partial charge in [-0.3, -0.25) is 4.90 Å². The fourth-order valence-corrected chi connectivity index (χ4v) is 2.37. The summed E-state index contributed by atoms with van der Waals surface area (Å²) in [6, 6.07) is 4.05. The molecule has 1 aromatic heterocycles. The summed E-state index contributed by atoms with van der Waals surface area (Å²) in [5, 5.41) is 0. The van der Waals surface area contributed by atoms with E-state index < -0.39 is 0 Å². The molecule has 0 radical (unpaired) electrons. The fraction of sp³-hybridized carbons (Fsp3) is 0.632. The maximum Gasteiger partial charge on any atom is 0.221 e. The lowest BCUT2D eigenvalue weighted by atomic mass is 10.0. The monoisotopic (exact) mass is 334 g/mol. The lowest BCUT2D eigenvalue weighted by Gasteiger charge is -2.36. The van der Waals surface area contributed by atoms with Crippen LogP contribution in [0.2, 0.25) is 0 Å². The van der Waals surface area contributed by atoms with Crippen LogP contribution in [0.15, 0.2) is 24.4 Å². The van der Waals surface area contributed by atoms with Gasteiger partial charge in [0.15, 0.2) is 0 Å². The SMILES string of the molecule is CN1CC(Oc2ncccc2C2=CCOCC2)C1.COC(C)(C)C. The van der Waals surface area contributed by atoms with Crippen molar-refractivity contribution in [1.82, 2.24) is 9.88 Å². The van der Waals surface area contributed by atoms with Gasteiger partial charge >= 0.3 is 0 Å². The van der Waals surface area contributed by atoms with E-state index in [2.05, 4.69) is 29.1 Å². The van der Waals surface area contributed by atoms with Crippen LogP contribution < -0.4 is 4.74 Å². The van der Waals surface area contributed by atoms with E-state index >= 15 is 0 Å². The van der Waals surface area contributed by atoms with Gasteiger partial charge in [-0.1, -0.05) is 6.08 Å². The summed E-state index contributed by atoms with van der Waals surface area (Å²) in [5.74, 6) is 0.767. The van der Waals surface area contributed by atoms with Gasteiger partial charge in [-0.2, -0.15) is 0 Å². The largest absolute Gasteiger partial charge is 0.471 e. The Morgan fingerprint density at radius 1 is 1.29 bits per heavy atom. The lowest BCUT2D eigenvalue weighted by molar-refractivity contribution is 0.0353. The number of nitrogens with zero attached hydrogens (tertiary/aromatic N) is 2. The first-order valence-corrected chi connectivity index (χ1v) is 8.51. The van der Waals surface area contributed by atoms with Crippen molar-refractivity contribution in [2.75, 3.05) is 40.5 Å². The number of aromatic nitrogens is 1. The van der Waals surface area contributed by atoms with E-state index in [1.807, 2.05) is 26.8 Å². The molecule has 0 bridgehead atoms. The maximum atomic E-state index is 5.97. The number of hydrogen-bond donors (Lipinski definition) is 0. The van der Waals surface area contributed by atoms with Gasteiger partial charge in [-0.05, 0) is 51.9 Å². The van der Waals surface area contributed by atoms with Gasteiger partial charge in [0.1, 0.15) is 6.10 Å². The van der Waals surface area contributed by atoms with Gasteiger partial charge in [-0.15, -0.1) is 0 Å². The van der Waals surface area contributed by atoms with Crippen LogP contribution in [-0.2, 0) is 9.47 Å². The predicted molar refractivity (Wildman–Crippen MR) is 96.3 cm³/mol. The number of likely N-dealkylation sites (N-methyl/N-ethyl adjacent to an activating group) is 1. The highest BCUT2D eigenvalue weighted by Gasteiger charge is 2.26. The number of methoxy groups -OCH3 is 1. The molecule has 3 rings (SSSR count). The molecular weight excluding hydrogens is 304 g/mol. The molecule has 1 aromatic rings. The second-order valence-electron chi connectivity index (χ2n) is 7.19. The average molecular weight is 334 g/mol. The molecule has 0 atom stereocenters. The first-order valence-electron chi connectivity index (χ1n) is 8.51. The number of likely N-dealkylation sites (tertiary alicyclic amines) is 1. The van der Waals surface area contributed by atoms with Crippen molar-refractivity contribution >= 4 is 5.57 Å². The molecule has 24 heavy (non-hydrogen) atoms. The molecule has 0 spiro atoms. The van der Waals surface area contributed by atoms with Crippen LogP contribution in [-0.4, -0.2) is 62.0 Å². The highest BCUT2D eigenvalue weighted by Crippen LogP contribution is 2.29. The zero-order valence-electron chi connectivity index (χ0n) is 15.5. The van der Waals surface area contributed by atoms with Crippen molar-refractivity contribution in [1.29, 1.82) is 0 Å². The molecule has 2 aliphatic heterocycles. The van der Waals surface area contributed by atoms with Crippen LogP contribution >= 0.6 is 0 Å². The summed E-state index contributed by atoms with van der Waals surface area (Å²) in [6.07, 6.45) is 5.14. The first-order chi connectivity index (χ1) is 11.4. The van der Waals surface area contributed by atoms with Crippen LogP contribution in [0.25, 0.3) is 5.57 Å². The summed E-state index contributed by atoms with van der Waals surface area (Å²) in [5.41, 5.74) is 2.45.